The van der Waals surface area contributed by atoms with Gasteiger partial charge in [0.05, 0.1) is 56.4 Å². The van der Waals surface area contributed by atoms with E-state index in [1.54, 1.807) is 24.3 Å². The molecule has 0 amide bonds. The smallest absolute Gasteiger partial charge is 0.183 e. The van der Waals surface area contributed by atoms with Gasteiger partial charge in [-0.3, -0.25) is 0 Å². The van der Waals surface area contributed by atoms with Crippen LogP contribution in [-0.2, 0) is 28.8 Å². The summed E-state index contributed by atoms with van der Waals surface area (Å²) in [5.41, 5.74) is 0. The van der Waals surface area contributed by atoms with Crippen LogP contribution >= 0.6 is 0 Å². The molecule has 1 aliphatic heterocycles. The predicted molar refractivity (Wildman–Crippen MR) is 108 cm³/mol. The van der Waals surface area contributed by atoms with E-state index in [2.05, 4.69) is 11.2 Å². The Hall–Kier alpha value is -1.67. The Morgan fingerprint density at radius 2 is 1.38 bits per heavy atom. The minimum absolute atomic E-state index is 0.298. The Morgan fingerprint density at radius 1 is 0.862 bits per heavy atom. The zero-order valence-electron chi connectivity index (χ0n) is 16.5. The molecule has 1 aliphatic rings. The second kappa shape index (κ2) is 13.5. The second-order valence-electron chi connectivity index (χ2n) is 6.24. The van der Waals surface area contributed by atoms with Crippen molar-refractivity contribution in [1.82, 2.24) is 5.32 Å². The van der Waals surface area contributed by atoms with Gasteiger partial charge in [0.1, 0.15) is 19.0 Å². The predicted octanol–water partition coefficient (Wildman–Crippen LogP) is 0.511. The summed E-state index contributed by atoms with van der Waals surface area (Å²) in [7, 11) is -3.25. The number of ether oxygens (including phenoxy) is 5. The molecule has 0 spiro atoms. The number of hydrogen-bond acceptors (Lipinski definition) is 8. The first-order valence-corrected chi connectivity index (χ1v) is 11.1. The van der Waals surface area contributed by atoms with Crippen LogP contribution in [-0.4, -0.2) is 86.2 Å². The number of sulfone groups is 1. The van der Waals surface area contributed by atoms with Gasteiger partial charge in [-0.25, -0.2) is 8.42 Å². The molecule has 0 radical (unpaired) electrons. The molecule has 162 valence electrons. The van der Waals surface area contributed by atoms with Gasteiger partial charge in [-0.15, -0.1) is 6.42 Å². The van der Waals surface area contributed by atoms with Crippen LogP contribution in [0.2, 0.25) is 0 Å². The summed E-state index contributed by atoms with van der Waals surface area (Å²) in [6, 6.07) is 6.50. The lowest BCUT2D eigenvalue weighted by Gasteiger charge is -2.26. The lowest BCUT2D eigenvalue weighted by molar-refractivity contribution is -0.00187. The third-order valence-electron chi connectivity index (χ3n) is 4.13. The first-order chi connectivity index (χ1) is 14.1. The summed E-state index contributed by atoms with van der Waals surface area (Å²) in [4.78, 5) is 0.328. The zero-order chi connectivity index (χ0) is 20.8. The summed E-state index contributed by atoms with van der Waals surface area (Å²) < 4.78 is 51.3. The fraction of sp³-hybridized carbons (Fsp3) is 0.600. The summed E-state index contributed by atoms with van der Waals surface area (Å²) in [6.45, 7) is 4.99. The molecule has 9 heteroatoms. The van der Waals surface area contributed by atoms with Crippen molar-refractivity contribution in [3.8, 4) is 18.1 Å². The van der Waals surface area contributed by atoms with Gasteiger partial charge in [-0.05, 0) is 24.3 Å². The van der Waals surface area contributed by atoms with E-state index >= 15 is 0 Å². The molecule has 1 aromatic carbocycles. The minimum atomic E-state index is -3.25. The maximum atomic E-state index is 12.3. The Morgan fingerprint density at radius 3 is 1.86 bits per heavy atom. The van der Waals surface area contributed by atoms with Crippen LogP contribution in [0.1, 0.15) is 0 Å². The summed E-state index contributed by atoms with van der Waals surface area (Å²) in [5, 5.41) is 2.65. The second-order valence-corrected chi connectivity index (χ2v) is 8.47. The molecule has 2 rings (SSSR count). The van der Waals surface area contributed by atoms with Crippen molar-refractivity contribution in [1.29, 1.82) is 0 Å². The van der Waals surface area contributed by atoms with Gasteiger partial charge in [-0.1, -0.05) is 5.92 Å². The lowest BCUT2D eigenvalue weighted by atomic mass is 10.3. The normalized spacial score (nSPS) is 14.3. The molecule has 1 heterocycles. The first-order valence-electron chi connectivity index (χ1n) is 9.56. The lowest BCUT2D eigenvalue weighted by Crippen LogP contribution is -2.51. The Labute approximate surface area is 172 Å². The summed E-state index contributed by atoms with van der Waals surface area (Å²) in [6.07, 6.45) is 5.05. The minimum Gasteiger partial charge on any atom is -0.491 e. The highest BCUT2D eigenvalue weighted by Gasteiger charge is 2.32. The van der Waals surface area contributed by atoms with Crippen molar-refractivity contribution in [2.24, 2.45) is 0 Å². The van der Waals surface area contributed by atoms with Crippen molar-refractivity contribution in [3.05, 3.63) is 24.3 Å². The van der Waals surface area contributed by atoms with E-state index < -0.39 is 9.84 Å². The zero-order valence-corrected chi connectivity index (χ0v) is 17.3. The molecule has 0 saturated carbocycles. The van der Waals surface area contributed by atoms with Crippen LogP contribution in [0.4, 0.5) is 0 Å². The third-order valence-corrected chi connectivity index (χ3v) is 6.27. The third kappa shape index (κ3) is 8.70. The van der Waals surface area contributed by atoms with Crippen LogP contribution in [0, 0.1) is 12.3 Å². The van der Waals surface area contributed by atoms with E-state index in [4.69, 9.17) is 30.1 Å². The fourth-order valence-corrected chi connectivity index (χ4v) is 3.98. The molecule has 8 nitrogen and oxygen atoms in total. The number of hydrogen-bond donors (Lipinski definition) is 1. The van der Waals surface area contributed by atoms with E-state index in [1.807, 2.05) is 0 Å². The standard InChI is InChI=1S/C20H29NO7S/c1-2-7-24-8-9-25-10-11-26-12-13-27-14-15-28-18-3-5-19(6-4-18)29(22,23)20-16-21-17-20/h1,3-6,20-21H,7-17H2. The fourth-order valence-electron chi connectivity index (χ4n) is 2.41. The van der Waals surface area contributed by atoms with Crippen LogP contribution in [0.3, 0.4) is 0 Å². The molecule has 0 aliphatic carbocycles. The van der Waals surface area contributed by atoms with Crippen molar-refractivity contribution in [2.45, 2.75) is 10.1 Å². The first kappa shape index (κ1) is 23.6. The molecule has 0 atom stereocenters. The number of benzene rings is 1. The highest BCUT2D eigenvalue weighted by atomic mass is 32.2. The number of terminal acetylenes is 1. The molecule has 0 bridgehead atoms. The summed E-state index contributed by atoms with van der Waals surface area (Å²) in [5.74, 6) is 2.99. The SMILES string of the molecule is C#CCOCCOCCOCCOCCOc1ccc(S(=O)(=O)C2CNC2)cc1. The van der Waals surface area contributed by atoms with E-state index in [-0.39, 0.29) is 5.25 Å². The van der Waals surface area contributed by atoms with Crippen LogP contribution in [0.5, 0.6) is 5.75 Å². The molecule has 0 aromatic heterocycles. The van der Waals surface area contributed by atoms with E-state index in [9.17, 15) is 8.42 Å². The maximum absolute atomic E-state index is 12.3. The molecule has 1 fully saturated rings. The van der Waals surface area contributed by atoms with Crippen molar-refractivity contribution in [3.63, 3.8) is 0 Å². The van der Waals surface area contributed by atoms with Gasteiger partial charge in [0, 0.05) is 13.1 Å². The monoisotopic (exact) mass is 427 g/mol. The van der Waals surface area contributed by atoms with Crippen molar-refractivity contribution >= 4 is 9.84 Å². The van der Waals surface area contributed by atoms with E-state index in [0.717, 1.165) is 0 Å². The highest BCUT2D eigenvalue weighted by Crippen LogP contribution is 2.21. The van der Waals surface area contributed by atoms with Gasteiger partial charge in [-0.2, -0.15) is 0 Å². The largest absolute Gasteiger partial charge is 0.491 e. The molecular weight excluding hydrogens is 398 g/mol. The van der Waals surface area contributed by atoms with Crippen molar-refractivity contribution in [2.75, 3.05) is 72.6 Å². The van der Waals surface area contributed by atoms with Gasteiger partial charge in [0.25, 0.3) is 0 Å². The number of rotatable bonds is 16. The Kier molecular flexibility index (Phi) is 11.0. The average Bonchev–Trinajstić information content (AvgIpc) is 2.67. The highest BCUT2D eigenvalue weighted by molar-refractivity contribution is 7.92. The Balaban J connectivity index is 1.44. The Bertz CT molecular complexity index is 711. The van der Waals surface area contributed by atoms with Gasteiger partial charge >= 0.3 is 0 Å². The average molecular weight is 428 g/mol. The molecule has 0 unspecified atom stereocenters. The molecule has 1 aromatic rings. The molecule has 1 saturated heterocycles. The van der Waals surface area contributed by atoms with E-state index in [1.165, 1.54) is 0 Å². The van der Waals surface area contributed by atoms with E-state index in [0.29, 0.717) is 83.2 Å². The van der Waals surface area contributed by atoms with Crippen molar-refractivity contribution < 1.29 is 32.1 Å². The van der Waals surface area contributed by atoms with Gasteiger partial charge in [0.2, 0.25) is 0 Å². The topological polar surface area (TPSA) is 92.3 Å². The van der Waals surface area contributed by atoms with Crippen LogP contribution < -0.4 is 10.1 Å². The molecular formula is C20H29NO7S. The maximum Gasteiger partial charge on any atom is 0.183 e. The number of nitrogens with one attached hydrogen (secondary N) is 1. The van der Waals surface area contributed by atoms with Crippen LogP contribution in [0.25, 0.3) is 0 Å². The summed E-state index contributed by atoms with van der Waals surface area (Å²) >= 11 is 0. The molecule has 29 heavy (non-hydrogen) atoms. The quantitative estimate of drug-likeness (QED) is 0.301. The van der Waals surface area contributed by atoms with Crippen LogP contribution in [0.15, 0.2) is 29.2 Å². The molecule has 1 N–H and O–H groups in total. The van der Waals surface area contributed by atoms with Gasteiger partial charge in [0.15, 0.2) is 9.84 Å². The van der Waals surface area contributed by atoms with Gasteiger partial charge < -0.3 is 29.0 Å².